The molecule has 0 aromatic heterocycles. The molecular formula is C23H30N4O3. The quantitative estimate of drug-likeness (QED) is 0.550. The van der Waals surface area contributed by atoms with E-state index in [1.165, 1.54) is 0 Å². The van der Waals surface area contributed by atoms with Crippen LogP contribution in [0.25, 0.3) is 0 Å². The summed E-state index contributed by atoms with van der Waals surface area (Å²) in [7, 11) is 0. The molecule has 0 aliphatic rings. The molecule has 2 rings (SSSR count). The van der Waals surface area contributed by atoms with Gasteiger partial charge in [-0.2, -0.15) is 10.2 Å². The van der Waals surface area contributed by atoms with Gasteiger partial charge in [0, 0.05) is 5.69 Å². The van der Waals surface area contributed by atoms with Gasteiger partial charge in [0.25, 0.3) is 0 Å². The van der Waals surface area contributed by atoms with E-state index in [1.807, 2.05) is 44.2 Å². The van der Waals surface area contributed by atoms with E-state index in [9.17, 15) is 9.59 Å². The van der Waals surface area contributed by atoms with Crippen molar-refractivity contribution >= 4 is 29.1 Å². The Balaban J connectivity index is 2.00. The van der Waals surface area contributed by atoms with Crippen LogP contribution in [0.2, 0.25) is 0 Å². The number of rotatable bonds is 7. The van der Waals surface area contributed by atoms with Gasteiger partial charge in [0.05, 0.1) is 11.4 Å². The minimum absolute atomic E-state index is 0.219. The van der Waals surface area contributed by atoms with Crippen molar-refractivity contribution in [2.75, 3.05) is 5.32 Å². The van der Waals surface area contributed by atoms with Crippen LogP contribution in [0.5, 0.6) is 0 Å². The summed E-state index contributed by atoms with van der Waals surface area (Å²) in [5.41, 5.74) is 1.41. The second-order valence-corrected chi connectivity index (χ2v) is 8.40. The van der Waals surface area contributed by atoms with Gasteiger partial charge in [-0.25, -0.2) is 4.79 Å². The Morgan fingerprint density at radius 3 is 2.03 bits per heavy atom. The van der Waals surface area contributed by atoms with Crippen LogP contribution < -0.4 is 10.6 Å². The highest BCUT2D eigenvalue weighted by Crippen LogP contribution is 2.20. The third kappa shape index (κ3) is 8.43. The maximum absolute atomic E-state index is 12.7. The average molecular weight is 411 g/mol. The zero-order valence-electron chi connectivity index (χ0n) is 18.2. The molecule has 0 bridgehead atoms. The molecule has 2 aromatic carbocycles. The Bertz CT molecular complexity index is 856. The van der Waals surface area contributed by atoms with Crippen LogP contribution in [-0.4, -0.2) is 23.6 Å². The lowest BCUT2D eigenvalue weighted by Crippen LogP contribution is -2.46. The summed E-state index contributed by atoms with van der Waals surface area (Å²) >= 11 is 0. The van der Waals surface area contributed by atoms with Gasteiger partial charge in [0.2, 0.25) is 5.91 Å². The first-order valence-corrected chi connectivity index (χ1v) is 9.99. The van der Waals surface area contributed by atoms with Crippen molar-refractivity contribution in [2.45, 2.75) is 52.7 Å². The lowest BCUT2D eigenvalue weighted by Gasteiger charge is -2.24. The van der Waals surface area contributed by atoms with Crippen LogP contribution in [0.15, 0.2) is 64.8 Å². The summed E-state index contributed by atoms with van der Waals surface area (Å²) in [5, 5.41) is 13.9. The van der Waals surface area contributed by atoms with Gasteiger partial charge in [0.1, 0.15) is 11.6 Å². The summed E-state index contributed by atoms with van der Waals surface area (Å²) in [6, 6.07) is 15.8. The number of ether oxygens (including phenoxy) is 1. The van der Waals surface area contributed by atoms with Crippen LogP contribution in [0.1, 0.15) is 41.0 Å². The van der Waals surface area contributed by atoms with Crippen molar-refractivity contribution in [2.24, 2.45) is 16.1 Å². The molecule has 2 aromatic rings. The lowest BCUT2D eigenvalue weighted by atomic mass is 10.0. The number of azo groups is 1. The van der Waals surface area contributed by atoms with E-state index < -0.39 is 17.7 Å². The molecule has 0 fully saturated rings. The summed E-state index contributed by atoms with van der Waals surface area (Å²) in [4.78, 5) is 24.8. The molecule has 0 saturated carbocycles. The number of nitrogens with one attached hydrogen (secondary N) is 2. The summed E-state index contributed by atoms with van der Waals surface area (Å²) in [5.74, 6) is -0.0790. The van der Waals surface area contributed by atoms with E-state index in [0.29, 0.717) is 17.8 Å². The van der Waals surface area contributed by atoms with Crippen molar-refractivity contribution in [3.05, 3.63) is 54.6 Å². The van der Waals surface area contributed by atoms with Gasteiger partial charge < -0.3 is 15.4 Å². The van der Waals surface area contributed by atoms with Gasteiger partial charge in [-0.15, -0.1) is 0 Å². The maximum Gasteiger partial charge on any atom is 0.408 e. The number of anilines is 1. The topological polar surface area (TPSA) is 92.1 Å². The molecule has 2 amide bonds. The van der Waals surface area contributed by atoms with Gasteiger partial charge in [-0.3, -0.25) is 4.79 Å². The van der Waals surface area contributed by atoms with E-state index in [2.05, 4.69) is 20.9 Å². The number of carbonyl (C=O) groups excluding carboxylic acids is 2. The number of hydrogen-bond donors (Lipinski definition) is 2. The molecule has 0 aliphatic heterocycles. The Morgan fingerprint density at radius 2 is 1.50 bits per heavy atom. The fraction of sp³-hybridized carbons (Fsp3) is 0.391. The van der Waals surface area contributed by atoms with Crippen LogP contribution >= 0.6 is 0 Å². The van der Waals surface area contributed by atoms with E-state index in [-0.39, 0.29) is 11.8 Å². The molecule has 160 valence electrons. The van der Waals surface area contributed by atoms with Gasteiger partial charge in [0.15, 0.2) is 0 Å². The smallest absolute Gasteiger partial charge is 0.408 e. The van der Waals surface area contributed by atoms with Crippen molar-refractivity contribution < 1.29 is 14.3 Å². The first-order chi connectivity index (χ1) is 14.1. The van der Waals surface area contributed by atoms with Crippen LogP contribution in [-0.2, 0) is 9.53 Å². The summed E-state index contributed by atoms with van der Waals surface area (Å²) in [6.07, 6.45) is -0.117. The Kier molecular flexibility index (Phi) is 8.09. The Hall–Kier alpha value is -3.22. The lowest BCUT2D eigenvalue weighted by molar-refractivity contribution is -0.118. The first-order valence-electron chi connectivity index (χ1n) is 9.99. The predicted octanol–water partition coefficient (Wildman–Crippen LogP) is 5.98. The number of hydrogen-bond acceptors (Lipinski definition) is 5. The zero-order valence-corrected chi connectivity index (χ0v) is 18.2. The number of nitrogens with zero attached hydrogens (tertiary/aromatic N) is 2. The SMILES string of the molecule is CC(C)CC(NC(=O)OC(C)(C)C)C(=O)Nc1ccc(N=Nc2ccccc2)cc1. The standard InChI is InChI=1S/C23H30N4O3/c1-16(2)15-20(25-22(29)30-23(3,4)5)21(28)24-17-11-13-19(14-12-17)27-26-18-9-7-6-8-10-18/h6-14,16,20H,15H2,1-5H3,(H,24,28)(H,25,29). The average Bonchev–Trinajstić information content (AvgIpc) is 2.66. The number of carbonyl (C=O) groups is 2. The molecule has 0 aliphatic carbocycles. The molecule has 1 unspecified atom stereocenters. The highest BCUT2D eigenvalue weighted by molar-refractivity contribution is 5.96. The fourth-order valence-corrected chi connectivity index (χ4v) is 2.60. The Labute approximate surface area is 177 Å². The third-order valence-electron chi connectivity index (χ3n) is 3.89. The molecule has 0 spiro atoms. The minimum atomic E-state index is -0.697. The third-order valence-corrected chi connectivity index (χ3v) is 3.89. The largest absolute Gasteiger partial charge is 0.444 e. The summed E-state index contributed by atoms with van der Waals surface area (Å²) in [6.45, 7) is 9.32. The molecule has 0 radical (unpaired) electrons. The first kappa shape index (κ1) is 23.1. The van der Waals surface area contributed by atoms with Gasteiger partial charge in [-0.05, 0) is 69.5 Å². The highest BCUT2D eigenvalue weighted by Gasteiger charge is 2.25. The van der Waals surface area contributed by atoms with E-state index in [1.54, 1.807) is 45.0 Å². The van der Waals surface area contributed by atoms with Gasteiger partial charge >= 0.3 is 6.09 Å². The van der Waals surface area contributed by atoms with Crippen molar-refractivity contribution in [1.82, 2.24) is 5.32 Å². The molecule has 2 N–H and O–H groups in total. The van der Waals surface area contributed by atoms with Crippen molar-refractivity contribution in [3.8, 4) is 0 Å². The van der Waals surface area contributed by atoms with Crippen LogP contribution in [0.4, 0.5) is 21.9 Å². The second-order valence-electron chi connectivity index (χ2n) is 8.40. The molecule has 1 atom stereocenters. The monoisotopic (exact) mass is 410 g/mol. The Morgan fingerprint density at radius 1 is 0.933 bits per heavy atom. The molecule has 7 nitrogen and oxygen atoms in total. The maximum atomic E-state index is 12.7. The number of amides is 2. The minimum Gasteiger partial charge on any atom is -0.444 e. The number of benzene rings is 2. The summed E-state index contributed by atoms with van der Waals surface area (Å²) < 4.78 is 5.28. The van der Waals surface area contributed by atoms with E-state index in [0.717, 1.165) is 5.69 Å². The van der Waals surface area contributed by atoms with Crippen molar-refractivity contribution in [3.63, 3.8) is 0 Å². The van der Waals surface area contributed by atoms with Crippen LogP contribution in [0.3, 0.4) is 0 Å². The zero-order chi connectivity index (χ0) is 22.1. The van der Waals surface area contributed by atoms with E-state index >= 15 is 0 Å². The van der Waals surface area contributed by atoms with E-state index in [4.69, 9.17) is 4.74 Å². The highest BCUT2D eigenvalue weighted by atomic mass is 16.6. The molecule has 0 heterocycles. The second kappa shape index (κ2) is 10.5. The number of alkyl carbamates (subject to hydrolysis) is 1. The molecule has 7 heteroatoms. The normalized spacial score (nSPS) is 12.6. The molecule has 0 saturated heterocycles. The van der Waals surface area contributed by atoms with Crippen LogP contribution in [0, 0.1) is 5.92 Å². The van der Waals surface area contributed by atoms with Gasteiger partial charge in [-0.1, -0.05) is 32.0 Å². The predicted molar refractivity (Wildman–Crippen MR) is 118 cm³/mol. The van der Waals surface area contributed by atoms with Crippen molar-refractivity contribution in [1.29, 1.82) is 0 Å². The fourth-order valence-electron chi connectivity index (χ4n) is 2.60. The molecular weight excluding hydrogens is 380 g/mol. The molecule has 30 heavy (non-hydrogen) atoms.